The number of fused-ring (bicyclic) bond motifs is 1. The van der Waals surface area contributed by atoms with Gasteiger partial charge in [0, 0.05) is 12.6 Å². The van der Waals surface area contributed by atoms with E-state index in [1.54, 1.807) is 23.3 Å². The lowest BCUT2D eigenvalue weighted by atomic mass is 10.2. The third-order valence-corrected chi connectivity index (χ3v) is 4.21. The monoisotopic (exact) mass is 342 g/mol. The lowest BCUT2D eigenvalue weighted by molar-refractivity contribution is 0.0198. The minimum Gasteiger partial charge on any atom is -0.496 e. The van der Waals surface area contributed by atoms with E-state index < -0.39 is 6.10 Å². The van der Waals surface area contributed by atoms with Crippen LogP contribution in [0.4, 0.5) is 0 Å². The third kappa shape index (κ3) is 3.60. The summed E-state index contributed by atoms with van der Waals surface area (Å²) in [5.74, 6) is 0.752. The second-order valence-electron chi connectivity index (χ2n) is 5.92. The molecule has 3 aromatic rings. The van der Waals surface area contributed by atoms with Crippen molar-refractivity contribution in [3.05, 3.63) is 64.6 Å². The van der Waals surface area contributed by atoms with E-state index in [2.05, 4.69) is 0 Å². The Morgan fingerprint density at radius 3 is 2.52 bits per heavy atom. The number of hydrogen-bond donors (Lipinski definition) is 1. The van der Waals surface area contributed by atoms with Crippen molar-refractivity contribution in [1.82, 2.24) is 9.13 Å². The highest BCUT2D eigenvalue weighted by molar-refractivity contribution is 5.75. The predicted molar refractivity (Wildman–Crippen MR) is 95.8 cm³/mol. The summed E-state index contributed by atoms with van der Waals surface area (Å²) in [6.07, 6.45) is -0.779. The number of para-hydroxylation sites is 3. The van der Waals surface area contributed by atoms with Crippen molar-refractivity contribution >= 4 is 11.0 Å². The zero-order chi connectivity index (χ0) is 17.8. The fourth-order valence-electron chi connectivity index (χ4n) is 2.93. The van der Waals surface area contributed by atoms with Crippen molar-refractivity contribution in [1.29, 1.82) is 0 Å². The van der Waals surface area contributed by atoms with Crippen LogP contribution < -0.4 is 10.4 Å². The summed E-state index contributed by atoms with van der Waals surface area (Å²) >= 11 is 0. The van der Waals surface area contributed by atoms with Crippen molar-refractivity contribution in [2.24, 2.45) is 7.05 Å². The molecule has 0 spiro atoms. The lowest BCUT2D eigenvalue weighted by Gasteiger charge is -2.13. The molecule has 0 radical (unpaired) electrons. The molecule has 25 heavy (non-hydrogen) atoms. The molecule has 6 heteroatoms. The number of imidazole rings is 1. The molecule has 0 aliphatic heterocycles. The number of aromatic nitrogens is 2. The normalized spacial score (nSPS) is 12.4. The Balaban J connectivity index is 1.65. The quantitative estimate of drug-likeness (QED) is 0.712. The van der Waals surface area contributed by atoms with Crippen LogP contribution in [0.2, 0.25) is 0 Å². The van der Waals surface area contributed by atoms with E-state index in [9.17, 15) is 9.90 Å². The molecule has 0 fully saturated rings. The second kappa shape index (κ2) is 7.55. The summed E-state index contributed by atoms with van der Waals surface area (Å²) in [6, 6.07) is 15.1. The van der Waals surface area contributed by atoms with Crippen LogP contribution >= 0.6 is 0 Å². The minimum absolute atomic E-state index is 0.133. The summed E-state index contributed by atoms with van der Waals surface area (Å²) in [5, 5.41) is 10.3. The van der Waals surface area contributed by atoms with E-state index in [0.717, 1.165) is 22.3 Å². The Bertz CT molecular complexity index is 913. The van der Waals surface area contributed by atoms with Gasteiger partial charge in [-0.15, -0.1) is 0 Å². The molecule has 2 aromatic carbocycles. The number of methoxy groups -OCH3 is 1. The highest BCUT2D eigenvalue weighted by atomic mass is 16.5. The molecule has 0 bridgehead atoms. The van der Waals surface area contributed by atoms with Gasteiger partial charge in [0.15, 0.2) is 0 Å². The second-order valence-corrected chi connectivity index (χ2v) is 5.92. The Kier molecular flexibility index (Phi) is 5.21. The van der Waals surface area contributed by atoms with Gasteiger partial charge in [-0.3, -0.25) is 9.13 Å². The van der Waals surface area contributed by atoms with Crippen molar-refractivity contribution in [3.8, 4) is 5.75 Å². The first-order chi connectivity index (χ1) is 12.1. The van der Waals surface area contributed by atoms with Gasteiger partial charge in [0.05, 0.1) is 44.0 Å². The topological polar surface area (TPSA) is 65.6 Å². The molecule has 0 aliphatic rings. The average molecular weight is 342 g/mol. The summed E-state index contributed by atoms with van der Waals surface area (Å²) in [5.41, 5.74) is 2.41. The Morgan fingerprint density at radius 2 is 1.76 bits per heavy atom. The zero-order valence-electron chi connectivity index (χ0n) is 14.4. The molecular formula is C19H22N2O4. The number of aliphatic hydroxyl groups excluding tert-OH is 1. The third-order valence-electron chi connectivity index (χ3n) is 4.21. The Morgan fingerprint density at radius 1 is 1.08 bits per heavy atom. The summed E-state index contributed by atoms with van der Waals surface area (Å²) in [6.45, 7) is 0.658. The molecule has 0 aliphatic carbocycles. The van der Waals surface area contributed by atoms with Gasteiger partial charge in [-0.1, -0.05) is 30.3 Å². The highest BCUT2D eigenvalue weighted by Crippen LogP contribution is 2.18. The van der Waals surface area contributed by atoms with Crippen LogP contribution in [0.25, 0.3) is 11.0 Å². The molecule has 1 unspecified atom stereocenters. The number of aryl methyl sites for hydroxylation is 1. The summed E-state index contributed by atoms with van der Waals surface area (Å²) in [7, 11) is 3.34. The van der Waals surface area contributed by atoms with Gasteiger partial charge in [-0.25, -0.2) is 4.79 Å². The zero-order valence-corrected chi connectivity index (χ0v) is 14.4. The standard InChI is InChI=1S/C19H22N2O4/c1-20-16-8-4-5-9-17(16)21(19(20)23)11-15(22)13-25-12-14-7-3-6-10-18(14)24-2/h3-10,15,22H,11-13H2,1-2H3. The maximum atomic E-state index is 12.4. The first-order valence-corrected chi connectivity index (χ1v) is 8.13. The Hall–Kier alpha value is -2.57. The van der Waals surface area contributed by atoms with Gasteiger partial charge in [-0.2, -0.15) is 0 Å². The van der Waals surface area contributed by atoms with E-state index in [1.807, 2.05) is 48.5 Å². The molecule has 1 atom stereocenters. The molecule has 0 saturated heterocycles. The van der Waals surface area contributed by atoms with E-state index in [4.69, 9.17) is 9.47 Å². The van der Waals surface area contributed by atoms with Crippen molar-refractivity contribution in [2.45, 2.75) is 19.3 Å². The lowest BCUT2D eigenvalue weighted by Crippen LogP contribution is -2.30. The molecular weight excluding hydrogens is 320 g/mol. The largest absolute Gasteiger partial charge is 0.496 e. The summed E-state index contributed by atoms with van der Waals surface area (Å²) in [4.78, 5) is 12.4. The molecule has 132 valence electrons. The van der Waals surface area contributed by atoms with E-state index >= 15 is 0 Å². The smallest absolute Gasteiger partial charge is 0.328 e. The van der Waals surface area contributed by atoms with E-state index in [0.29, 0.717) is 6.61 Å². The molecule has 0 amide bonds. The highest BCUT2D eigenvalue weighted by Gasteiger charge is 2.14. The van der Waals surface area contributed by atoms with Gasteiger partial charge in [0.1, 0.15) is 5.75 Å². The van der Waals surface area contributed by atoms with Gasteiger partial charge < -0.3 is 14.6 Å². The van der Waals surface area contributed by atoms with E-state index in [1.165, 1.54) is 0 Å². The predicted octanol–water partition coefficient (Wildman–Crippen LogP) is 1.93. The molecule has 1 aromatic heterocycles. The maximum absolute atomic E-state index is 12.4. The number of nitrogens with zero attached hydrogens (tertiary/aromatic N) is 2. The van der Waals surface area contributed by atoms with Crippen LogP contribution in [0.5, 0.6) is 5.75 Å². The first-order valence-electron chi connectivity index (χ1n) is 8.13. The van der Waals surface area contributed by atoms with Crippen LogP contribution in [0.1, 0.15) is 5.56 Å². The van der Waals surface area contributed by atoms with Crippen molar-refractivity contribution < 1.29 is 14.6 Å². The molecule has 6 nitrogen and oxygen atoms in total. The SMILES string of the molecule is COc1ccccc1COCC(O)Cn1c(=O)n(C)c2ccccc21. The number of benzene rings is 2. The number of rotatable bonds is 7. The Labute approximate surface area is 145 Å². The van der Waals surface area contributed by atoms with Gasteiger partial charge >= 0.3 is 5.69 Å². The van der Waals surface area contributed by atoms with Gasteiger partial charge in [0.25, 0.3) is 0 Å². The number of aliphatic hydroxyl groups is 1. The van der Waals surface area contributed by atoms with Crippen LogP contribution in [-0.2, 0) is 24.9 Å². The molecule has 1 N–H and O–H groups in total. The van der Waals surface area contributed by atoms with Gasteiger partial charge in [-0.05, 0) is 18.2 Å². The average Bonchev–Trinajstić information content (AvgIpc) is 2.87. The fourth-order valence-corrected chi connectivity index (χ4v) is 2.93. The van der Waals surface area contributed by atoms with Crippen LogP contribution in [0.3, 0.4) is 0 Å². The van der Waals surface area contributed by atoms with Crippen LogP contribution in [0, 0.1) is 0 Å². The first kappa shape index (κ1) is 17.3. The van der Waals surface area contributed by atoms with Crippen molar-refractivity contribution in [3.63, 3.8) is 0 Å². The fraction of sp³-hybridized carbons (Fsp3) is 0.316. The van der Waals surface area contributed by atoms with Crippen LogP contribution in [-0.4, -0.2) is 34.1 Å². The van der Waals surface area contributed by atoms with E-state index in [-0.39, 0.29) is 18.8 Å². The maximum Gasteiger partial charge on any atom is 0.328 e. The van der Waals surface area contributed by atoms with Gasteiger partial charge in [0.2, 0.25) is 0 Å². The minimum atomic E-state index is -0.779. The number of ether oxygens (including phenoxy) is 2. The van der Waals surface area contributed by atoms with Crippen molar-refractivity contribution in [2.75, 3.05) is 13.7 Å². The molecule has 3 rings (SSSR count). The van der Waals surface area contributed by atoms with Crippen LogP contribution in [0.15, 0.2) is 53.3 Å². The molecule has 0 saturated carbocycles. The molecule has 1 heterocycles. The number of hydrogen-bond acceptors (Lipinski definition) is 4. The summed E-state index contributed by atoms with van der Waals surface area (Å²) < 4.78 is 14.0.